The molecule has 0 heterocycles. The van der Waals surface area contributed by atoms with Gasteiger partial charge < -0.3 is 19.7 Å². The minimum Gasteiger partial charge on any atom is -0.463 e. The van der Waals surface area contributed by atoms with Crippen molar-refractivity contribution in [3.8, 4) is 0 Å². The van der Waals surface area contributed by atoms with Gasteiger partial charge in [-0.2, -0.15) is 0 Å². The number of esters is 2. The second-order valence-corrected chi connectivity index (χ2v) is 13.6. The van der Waals surface area contributed by atoms with E-state index in [1.54, 1.807) is 12.2 Å². The van der Waals surface area contributed by atoms with Crippen LogP contribution in [0.1, 0.15) is 174 Å². The lowest BCUT2D eigenvalue weighted by Crippen LogP contribution is -2.25. The molecular formula is C45H76O6. The number of unbranched alkanes of at least 4 members (excludes halogenated alkanes) is 16. The molecule has 0 fully saturated rings. The van der Waals surface area contributed by atoms with Crippen molar-refractivity contribution in [1.82, 2.24) is 0 Å². The molecule has 0 saturated carbocycles. The van der Waals surface area contributed by atoms with Crippen LogP contribution >= 0.6 is 0 Å². The molecule has 0 aromatic heterocycles. The number of aliphatic hydroxyl groups excluding tert-OH is 2. The molecule has 0 aromatic carbocycles. The van der Waals surface area contributed by atoms with Gasteiger partial charge in [0.15, 0.2) is 0 Å². The van der Waals surface area contributed by atoms with Gasteiger partial charge in [0.1, 0.15) is 19.3 Å². The van der Waals surface area contributed by atoms with Crippen molar-refractivity contribution in [1.29, 1.82) is 0 Å². The number of aliphatic hydroxyl groups is 2. The molecule has 0 bridgehead atoms. The van der Waals surface area contributed by atoms with Crippen molar-refractivity contribution < 1.29 is 29.3 Å². The molecular weight excluding hydrogens is 636 g/mol. The molecule has 0 aliphatic rings. The third kappa shape index (κ3) is 39.9. The zero-order valence-corrected chi connectivity index (χ0v) is 32.7. The summed E-state index contributed by atoms with van der Waals surface area (Å²) in [5.74, 6) is -0.838. The Morgan fingerprint density at radius 2 is 0.882 bits per heavy atom. The summed E-state index contributed by atoms with van der Waals surface area (Å²) in [5.41, 5.74) is 0. The largest absolute Gasteiger partial charge is 0.463 e. The number of ether oxygens (including phenoxy) is 2. The summed E-state index contributed by atoms with van der Waals surface area (Å²) in [5, 5.41) is 20.1. The van der Waals surface area contributed by atoms with Crippen molar-refractivity contribution in [3.63, 3.8) is 0 Å². The highest BCUT2D eigenvalue weighted by Crippen LogP contribution is 2.14. The molecule has 2 atom stereocenters. The number of allylic oxidation sites excluding steroid dienone is 11. The molecule has 6 nitrogen and oxygen atoms in total. The number of hydrogen-bond acceptors (Lipinski definition) is 6. The Balaban J connectivity index is 3.66. The van der Waals surface area contributed by atoms with Crippen LogP contribution in [0.15, 0.2) is 72.9 Å². The van der Waals surface area contributed by atoms with Crippen LogP contribution in [0, 0.1) is 0 Å². The second-order valence-electron chi connectivity index (χ2n) is 13.6. The summed E-state index contributed by atoms with van der Waals surface area (Å²) in [7, 11) is 0. The standard InChI is InChI=1S/C45H76O6/c1-3-5-7-9-11-13-15-17-19-21-23-25-27-29-31-33-35-37-44(48)50-40-43(47)41-51-45(49)39-38-42(46)36-34-32-30-28-26-24-22-20-18-16-14-12-10-8-6-4-2/h6,8,12,14,18,20,24,26,30,32,34,36,42-43,46-47H,3-5,7,9-11,13,15-17,19,21-23,25,27-29,31,33,35,37-41H2,1-2H3/b8-6-,14-12-,20-18-,26-24-,32-30-,36-34-/t42?,43-/m1/s1. The minimum atomic E-state index is -1.06. The van der Waals surface area contributed by atoms with Crippen LogP contribution in [0.4, 0.5) is 0 Å². The summed E-state index contributed by atoms with van der Waals surface area (Å²) in [6.07, 6.45) is 50.1. The second kappa shape index (κ2) is 40.1. The molecule has 6 heteroatoms. The molecule has 0 rings (SSSR count). The van der Waals surface area contributed by atoms with Gasteiger partial charge in [-0.05, 0) is 44.9 Å². The molecule has 0 saturated heterocycles. The van der Waals surface area contributed by atoms with Crippen molar-refractivity contribution >= 4 is 11.9 Å². The first-order valence-electron chi connectivity index (χ1n) is 20.6. The first-order chi connectivity index (χ1) is 25.0. The van der Waals surface area contributed by atoms with E-state index in [1.807, 2.05) is 12.2 Å². The Morgan fingerprint density at radius 3 is 1.33 bits per heavy atom. The lowest BCUT2D eigenvalue weighted by Gasteiger charge is -2.12. The Kier molecular flexibility index (Phi) is 38.0. The maximum Gasteiger partial charge on any atom is 0.305 e. The predicted molar refractivity (Wildman–Crippen MR) is 216 cm³/mol. The predicted octanol–water partition coefficient (Wildman–Crippen LogP) is 11.9. The number of carbonyl (C=O) groups excluding carboxylic acids is 2. The highest BCUT2D eigenvalue weighted by atomic mass is 16.6. The average Bonchev–Trinajstić information content (AvgIpc) is 3.13. The fourth-order valence-corrected chi connectivity index (χ4v) is 5.43. The van der Waals surface area contributed by atoms with Gasteiger partial charge in [-0.25, -0.2) is 0 Å². The molecule has 2 N–H and O–H groups in total. The summed E-state index contributed by atoms with van der Waals surface area (Å²) < 4.78 is 10.2. The lowest BCUT2D eigenvalue weighted by atomic mass is 10.0. The number of hydrogen-bond donors (Lipinski definition) is 2. The maximum absolute atomic E-state index is 12.0. The molecule has 0 aliphatic heterocycles. The first kappa shape index (κ1) is 48.3. The van der Waals surface area contributed by atoms with Crippen LogP contribution in [0.5, 0.6) is 0 Å². The van der Waals surface area contributed by atoms with Crippen molar-refractivity contribution in [3.05, 3.63) is 72.9 Å². The average molecular weight is 713 g/mol. The normalized spacial score (nSPS) is 13.6. The van der Waals surface area contributed by atoms with Gasteiger partial charge in [-0.15, -0.1) is 0 Å². The van der Waals surface area contributed by atoms with Crippen LogP contribution < -0.4 is 0 Å². The van der Waals surface area contributed by atoms with Crippen LogP contribution in [0.2, 0.25) is 0 Å². The van der Waals surface area contributed by atoms with E-state index in [1.165, 1.54) is 89.9 Å². The van der Waals surface area contributed by atoms with Crippen LogP contribution in [0.25, 0.3) is 0 Å². The van der Waals surface area contributed by atoms with Gasteiger partial charge in [-0.3, -0.25) is 9.59 Å². The summed E-state index contributed by atoms with van der Waals surface area (Å²) in [6.45, 7) is 3.98. The number of rotatable bonds is 36. The first-order valence-corrected chi connectivity index (χ1v) is 20.6. The van der Waals surface area contributed by atoms with Crippen molar-refractivity contribution in [2.45, 2.75) is 187 Å². The monoisotopic (exact) mass is 713 g/mol. The van der Waals surface area contributed by atoms with E-state index in [-0.39, 0.29) is 32.0 Å². The van der Waals surface area contributed by atoms with E-state index in [4.69, 9.17) is 9.47 Å². The smallest absolute Gasteiger partial charge is 0.305 e. The topological polar surface area (TPSA) is 93.1 Å². The Labute approximate surface area is 313 Å². The van der Waals surface area contributed by atoms with Gasteiger partial charge in [-0.1, -0.05) is 189 Å². The molecule has 0 aliphatic carbocycles. The van der Waals surface area contributed by atoms with Gasteiger partial charge >= 0.3 is 11.9 Å². The van der Waals surface area contributed by atoms with E-state index < -0.39 is 18.2 Å². The van der Waals surface area contributed by atoms with E-state index in [0.717, 1.165) is 51.4 Å². The summed E-state index contributed by atoms with van der Waals surface area (Å²) in [6, 6.07) is 0. The molecule has 51 heavy (non-hydrogen) atoms. The lowest BCUT2D eigenvalue weighted by molar-refractivity contribution is -0.152. The zero-order chi connectivity index (χ0) is 37.3. The van der Waals surface area contributed by atoms with Crippen LogP contribution in [-0.2, 0) is 19.1 Å². The minimum absolute atomic E-state index is 0.0307. The maximum atomic E-state index is 12.0. The quantitative estimate of drug-likeness (QED) is 0.0291. The van der Waals surface area contributed by atoms with E-state index in [9.17, 15) is 19.8 Å². The van der Waals surface area contributed by atoms with E-state index in [0.29, 0.717) is 6.42 Å². The molecule has 0 aromatic rings. The van der Waals surface area contributed by atoms with Crippen LogP contribution in [-0.4, -0.2) is 47.6 Å². The zero-order valence-electron chi connectivity index (χ0n) is 32.7. The van der Waals surface area contributed by atoms with Crippen molar-refractivity contribution in [2.24, 2.45) is 0 Å². The van der Waals surface area contributed by atoms with Gasteiger partial charge in [0.2, 0.25) is 0 Å². The molecule has 0 amide bonds. The molecule has 0 radical (unpaired) electrons. The highest BCUT2D eigenvalue weighted by molar-refractivity contribution is 5.69. The molecule has 292 valence electrons. The van der Waals surface area contributed by atoms with Gasteiger partial charge in [0, 0.05) is 12.8 Å². The fourth-order valence-electron chi connectivity index (χ4n) is 5.43. The van der Waals surface area contributed by atoms with Gasteiger partial charge in [0.25, 0.3) is 0 Å². The molecule has 1 unspecified atom stereocenters. The number of carbonyl (C=O) groups is 2. The summed E-state index contributed by atoms with van der Waals surface area (Å²) in [4.78, 5) is 24.0. The third-order valence-corrected chi connectivity index (χ3v) is 8.57. The van der Waals surface area contributed by atoms with Gasteiger partial charge in [0.05, 0.1) is 6.10 Å². The molecule has 0 spiro atoms. The fraction of sp³-hybridized carbons (Fsp3) is 0.689. The third-order valence-electron chi connectivity index (χ3n) is 8.57. The highest BCUT2D eigenvalue weighted by Gasteiger charge is 2.13. The van der Waals surface area contributed by atoms with Crippen LogP contribution in [0.3, 0.4) is 0 Å². The Hall–Kier alpha value is -2.70. The summed E-state index contributed by atoms with van der Waals surface area (Å²) >= 11 is 0. The van der Waals surface area contributed by atoms with E-state index in [2.05, 4.69) is 62.5 Å². The van der Waals surface area contributed by atoms with E-state index >= 15 is 0 Å². The SMILES string of the molecule is CC/C=C\C/C=C\C/C=C\C/C=C\C/C=C\C=C/C(O)CCC(=O)OC[C@H](O)COC(=O)CCCCCCCCCCCCCCCCCCC. The Morgan fingerprint density at radius 1 is 0.490 bits per heavy atom. The van der Waals surface area contributed by atoms with Crippen molar-refractivity contribution in [2.75, 3.05) is 13.2 Å². The Bertz CT molecular complexity index is 960.